The fourth-order valence-electron chi connectivity index (χ4n) is 3.05. The Morgan fingerprint density at radius 2 is 2.00 bits per heavy atom. The minimum Gasteiger partial charge on any atom is -0.396 e. The number of amidine groups is 1. The molecule has 0 amide bonds. The van der Waals surface area contributed by atoms with E-state index in [2.05, 4.69) is 10.3 Å². The molecule has 1 fully saturated rings. The highest BCUT2D eigenvalue weighted by Gasteiger charge is 2.17. The summed E-state index contributed by atoms with van der Waals surface area (Å²) in [6.07, 6.45) is 11.8. The van der Waals surface area contributed by atoms with E-state index >= 15 is 0 Å². The van der Waals surface area contributed by atoms with Crippen LogP contribution in [0, 0.1) is 5.92 Å². The molecule has 1 aliphatic carbocycles. The van der Waals surface area contributed by atoms with Crippen molar-refractivity contribution in [1.29, 1.82) is 0 Å². The Morgan fingerprint density at radius 1 is 1.18 bits per heavy atom. The molecule has 0 bridgehead atoms. The van der Waals surface area contributed by atoms with Gasteiger partial charge in [-0.05, 0) is 18.8 Å². The molecule has 0 spiro atoms. The minimum atomic E-state index is 0.255. The third kappa shape index (κ3) is 4.30. The van der Waals surface area contributed by atoms with Crippen LogP contribution in [-0.2, 0) is 0 Å². The molecule has 1 heterocycles. The second kappa shape index (κ2) is 7.00. The number of aliphatic imine (C=N–C) groups is 1. The summed E-state index contributed by atoms with van der Waals surface area (Å²) in [6, 6.07) is 0.324. The monoisotopic (exact) mass is 238 g/mol. The summed E-state index contributed by atoms with van der Waals surface area (Å²) in [6.45, 7) is 1.19. The van der Waals surface area contributed by atoms with Crippen molar-refractivity contribution in [3.05, 3.63) is 0 Å². The average Bonchev–Trinajstić information content (AvgIpc) is 2.79. The number of aliphatic hydroxyl groups is 1. The van der Waals surface area contributed by atoms with E-state index < -0.39 is 0 Å². The maximum atomic E-state index is 8.86. The lowest BCUT2D eigenvalue weighted by Gasteiger charge is -2.21. The van der Waals surface area contributed by atoms with Crippen molar-refractivity contribution < 1.29 is 5.11 Å². The van der Waals surface area contributed by atoms with Crippen LogP contribution in [0.3, 0.4) is 0 Å². The second-order valence-corrected chi connectivity index (χ2v) is 5.52. The van der Waals surface area contributed by atoms with Crippen molar-refractivity contribution in [3.63, 3.8) is 0 Å². The summed E-state index contributed by atoms with van der Waals surface area (Å²) in [5.74, 6) is 2.17. The van der Waals surface area contributed by atoms with E-state index in [1.165, 1.54) is 50.8 Å². The van der Waals surface area contributed by atoms with Crippen LogP contribution in [-0.4, -0.2) is 30.1 Å². The molecule has 0 aromatic carbocycles. The predicted molar refractivity (Wildman–Crippen MR) is 71.4 cm³/mol. The Morgan fingerprint density at radius 3 is 2.76 bits per heavy atom. The molecule has 2 rings (SSSR count). The zero-order valence-electron chi connectivity index (χ0n) is 10.8. The van der Waals surface area contributed by atoms with Crippen LogP contribution < -0.4 is 5.32 Å². The quantitative estimate of drug-likeness (QED) is 0.746. The lowest BCUT2D eigenvalue weighted by molar-refractivity contribution is 0.278. The SMILES string of the molecule is OCCC1CNC(CCCC2CCCCC2)=N1. The third-order valence-electron chi connectivity index (χ3n) is 4.09. The molecule has 1 unspecified atom stereocenters. The molecule has 3 heteroatoms. The Hall–Kier alpha value is -0.570. The number of rotatable bonds is 6. The molecule has 1 aliphatic heterocycles. The first-order valence-corrected chi connectivity index (χ1v) is 7.30. The first-order valence-electron chi connectivity index (χ1n) is 7.30. The van der Waals surface area contributed by atoms with Gasteiger partial charge in [0.2, 0.25) is 0 Å². The van der Waals surface area contributed by atoms with Crippen LogP contribution in [0.2, 0.25) is 0 Å². The van der Waals surface area contributed by atoms with Gasteiger partial charge in [0.05, 0.1) is 11.9 Å². The Labute approximate surface area is 105 Å². The Balaban J connectivity index is 1.60. The van der Waals surface area contributed by atoms with Crippen molar-refractivity contribution in [2.45, 2.75) is 63.8 Å². The van der Waals surface area contributed by atoms with Crippen LogP contribution in [0.25, 0.3) is 0 Å². The fourth-order valence-corrected chi connectivity index (χ4v) is 3.05. The van der Waals surface area contributed by atoms with E-state index in [-0.39, 0.29) is 6.61 Å². The smallest absolute Gasteiger partial charge is 0.0968 e. The first-order chi connectivity index (χ1) is 8.38. The number of nitrogens with one attached hydrogen (secondary N) is 1. The molecule has 0 aromatic rings. The zero-order valence-corrected chi connectivity index (χ0v) is 10.8. The molecule has 0 radical (unpaired) electrons. The molecule has 3 nitrogen and oxygen atoms in total. The van der Waals surface area contributed by atoms with Gasteiger partial charge in [-0.1, -0.05) is 38.5 Å². The second-order valence-electron chi connectivity index (χ2n) is 5.52. The summed E-state index contributed by atoms with van der Waals surface area (Å²) in [4.78, 5) is 4.61. The highest BCUT2D eigenvalue weighted by Crippen LogP contribution is 2.27. The molecule has 2 N–H and O–H groups in total. The van der Waals surface area contributed by atoms with Crippen molar-refractivity contribution >= 4 is 5.84 Å². The van der Waals surface area contributed by atoms with Gasteiger partial charge < -0.3 is 10.4 Å². The van der Waals surface area contributed by atoms with Crippen LogP contribution in [0.4, 0.5) is 0 Å². The summed E-state index contributed by atoms with van der Waals surface area (Å²) < 4.78 is 0. The van der Waals surface area contributed by atoms with Crippen LogP contribution in [0.1, 0.15) is 57.8 Å². The van der Waals surface area contributed by atoms with Gasteiger partial charge in [0.25, 0.3) is 0 Å². The topological polar surface area (TPSA) is 44.6 Å². The number of aliphatic hydroxyl groups excluding tert-OH is 1. The predicted octanol–water partition coefficient (Wildman–Crippen LogP) is 2.49. The summed E-state index contributed by atoms with van der Waals surface area (Å²) in [5.41, 5.74) is 0. The van der Waals surface area contributed by atoms with E-state index in [9.17, 15) is 0 Å². The van der Waals surface area contributed by atoms with Gasteiger partial charge >= 0.3 is 0 Å². The summed E-state index contributed by atoms with van der Waals surface area (Å²) in [7, 11) is 0. The van der Waals surface area contributed by atoms with E-state index in [1.54, 1.807) is 0 Å². The normalized spacial score (nSPS) is 25.7. The molecule has 2 aliphatic rings. The van der Waals surface area contributed by atoms with Gasteiger partial charge in [0, 0.05) is 19.6 Å². The van der Waals surface area contributed by atoms with E-state index in [0.717, 1.165) is 25.3 Å². The van der Waals surface area contributed by atoms with Crippen LogP contribution >= 0.6 is 0 Å². The molecular formula is C14H26N2O. The maximum Gasteiger partial charge on any atom is 0.0968 e. The first kappa shape index (κ1) is 12.9. The largest absolute Gasteiger partial charge is 0.396 e. The summed E-state index contributed by atoms with van der Waals surface area (Å²) >= 11 is 0. The number of hydrogen-bond donors (Lipinski definition) is 2. The molecule has 0 aromatic heterocycles. The van der Waals surface area contributed by atoms with Crippen molar-refractivity contribution in [2.75, 3.05) is 13.2 Å². The van der Waals surface area contributed by atoms with Crippen molar-refractivity contribution in [3.8, 4) is 0 Å². The minimum absolute atomic E-state index is 0.255. The van der Waals surface area contributed by atoms with E-state index in [1.807, 2.05) is 0 Å². The van der Waals surface area contributed by atoms with Gasteiger partial charge in [0.15, 0.2) is 0 Å². The zero-order chi connectivity index (χ0) is 11.9. The molecule has 98 valence electrons. The summed E-state index contributed by atoms with van der Waals surface area (Å²) in [5, 5.41) is 12.2. The average molecular weight is 238 g/mol. The fraction of sp³-hybridized carbons (Fsp3) is 0.929. The third-order valence-corrected chi connectivity index (χ3v) is 4.09. The molecule has 1 atom stereocenters. The van der Waals surface area contributed by atoms with Gasteiger partial charge in [-0.25, -0.2) is 0 Å². The molecule has 0 saturated heterocycles. The van der Waals surface area contributed by atoms with Gasteiger partial charge in [-0.3, -0.25) is 4.99 Å². The lowest BCUT2D eigenvalue weighted by atomic mass is 9.86. The van der Waals surface area contributed by atoms with Crippen molar-refractivity contribution in [1.82, 2.24) is 5.32 Å². The van der Waals surface area contributed by atoms with Crippen LogP contribution in [0.15, 0.2) is 4.99 Å². The van der Waals surface area contributed by atoms with E-state index in [4.69, 9.17) is 5.11 Å². The van der Waals surface area contributed by atoms with Crippen molar-refractivity contribution in [2.24, 2.45) is 10.9 Å². The van der Waals surface area contributed by atoms with Crippen LogP contribution in [0.5, 0.6) is 0 Å². The van der Waals surface area contributed by atoms with E-state index in [0.29, 0.717) is 6.04 Å². The molecule has 1 saturated carbocycles. The molecular weight excluding hydrogens is 212 g/mol. The number of hydrogen-bond acceptors (Lipinski definition) is 3. The molecule has 17 heavy (non-hydrogen) atoms. The highest BCUT2D eigenvalue weighted by atomic mass is 16.3. The lowest BCUT2D eigenvalue weighted by Crippen LogP contribution is -2.21. The Kier molecular flexibility index (Phi) is 5.30. The Bertz CT molecular complexity index is 247. The maximum absolute atomic E-state index is 8.86. The van der Waals surface area contributed by atoms with Gasteiger partial charge in [-0.2, -0.15) is 0 Å². The van der Waals surface area contributed by atoms with Gasteiger partial charge in [-0.15, -0.1) is 0 Å². The van der Waals surface area contributed by atoms with Gasteiger partial charge in [0.1, 0.15) is 0 Å². The standard InChI is InChI=1S/C14H26N2O/c17-10-9-13-11-15-14(16-13)8-4-7-12-5-2-1-3-6-12/h12-13,17H,1-11H2,(H,15,16). The number of nitrogens with zero attached hydrogens (tertiary/aromatic N) is 1. The highest BCUT2D eigenvalue weighted by molar-refractivity contribution is 5.83.